The minimum atomic E-state index is 0.400. The first-order chi connectivity index (χ1) is 26.5. The molecular formula is C54H38. The van der Waals surface area contributed by atoms with Gasteiger partial charge in [0, 0.05) is 0 Å². The Kier molecular flexibility index (Phi) is 5.98. The Balaban J connectivity index is 1.42. The standard InChI is InChI=1S/C54H38/c1-29(2)39-25-40(30(3)4)43-28-46-52-38(24-22-34-21-23-37(39)51(43)50(34)52)53-48(32-13-7-5-8-14-32)44-26-41-35-19-11-17-31-18-12-20-36(47(31)35)42(41)27-45(44)49(54(46)53)33-15-9-6-10-16-33/h5-30H,1-4H3. The van der Waals surface area contributed by atoms with Crippen LogP contribution in [0, 0.1) is 0 Å². The Bertz CT molecular complexity index is 3450. The van der Waals surface area contributed by atoms with E-state index < -0.39 is 0 Å². The van der Waals surface area contributed by atoms with Crippen LogP contribution in [0.2, 0.25) is 0 Å². The van der Waals surface area contributed by atoms with Crippen molar-refractivity contribution < 1.29 is 0 Å². The third-order valence-electron chi connectivity index (χ3n) is 12.8. The Morgan fingerprint density at radius 1 is 0.278 bits per heavy atom. The second-order valence-corrected chi connectivity index (χ2v) is 16.3. The average molecular weight is 687 g/mol. The van der Waals surface area contributed by atoms with E-state index in [9.17, 15) is 0 Å². The molecule has 0 aromatic heterocycles. The van der Waals surface area contributed by atoms with Crippen molar-refractivity contribution >= 4 is 97.0 Å². The molecule has 0 spiro atoms. The third-order valence-corrected chi connectivity index (χ3v) is 12.8. The van der Waals surface area contributed by atoms with Gasteiger partial charge in [-0.2, -0.15) is 0 Å². The molecule has 0 fully saturated rings. The van der Waals surface area contributed by atoms with E-state index in [0.717, 1.165) is 0 Å². The van der Waals surface area contributed by atoms with Crippen LogP contribution in [0.1, 0.15) is 50.7 Å². The highest BCUT2D eigenvalue weighted by Crippen LogP contribution is 2.55. The maximum atomic E-state index is 2.59. The van der Waals surface area contributed by atoms with Gasteiger partial charge in [-0.05, 0) is 160 Å². The molecular weight excluding hydrogens is 649 g/mol. The lowest BCUT2D eigenvalue weighted by Gasteiger charge is -2.21. The third kappa shape index (κ3) is 3.78. The molecule has 12 aromatic rings. The number of rotatable bonds is 4. The number of benzene rings is 10. The lowest BCUT2D eigenvalue weighted by Crippen LogP contribution is -1.98. The molecule has 12 rings (SSSR count). The summed E-state index contributed by atoms with van der Waals surface area (Å²) in [6.07, 6.45) is 0. The number of hydrogen-bond donors (Lipinski definition) is 0. The maximum absolute atomic E-state index is 2.59. The van der Waals surface area contributed by atoms with E-state index in [-0.39, 0.29) is 0 Å². The van der Waals surface area contributed by atoms with Crippen LogP contribution in [-0.2, 0) is 0 Å². The van der Waals surface area contributed by atoms with Gasteiger partial charge in [0.1, 0.15) is 0 Å². The SMILES string of the molecule is CC(C)c1cc(C(C)C)c2cc3c4c(-c5ccccc5)c5cc6c(cc5c(-c5ccccc5)c4c4ccc5ccc1c2c5c43)c1cccc2cccc6c21. The van der Waals surface area contributed by atoms with Crippen molar-refractivity contribution in [1.82, 2.24) is 0 Å². The van der Waals surface area contributed by atoms with E-state index in [4.69, 9.17) is 0 Å². The van der Waals surface area contributed by atoms with Crippen molar-refractivity contribution in [2.24, 2.45) is 0 Å². The molecule has 0 heteroatoms. The van der Waals surface area contributed by atoms with Crippen LogP contribution < -0.4 is 0 Å². The molecule has 0 amide bonds. The van der Waals surface area contributed by atoms with Gasteiger partial charge in [-0.3, -0.25) is 0 Å². The fourth-order valence-electron chi connectivity index (χ4n) is 10.5. The molecule has 0 nitrogen and oxygen atoms in total. The summed E-state index contributed by atoms with van der Waals surface area (Å²) in [7, 11) is 0. The zero-order chi connectivity index (χ0) is 36.0. The fourth-order valence-corrected chi connectivity index (χ4v) is 10.5. The number of fused-ring (bicyclic) bond motifs is 7. The Morgan fingerprint density at radius 3 is 1.33 bits per heavy atom. The van der Waals surface area contributed by atoms with Gasteiger partial charge < -0.3 is 0 Å². The van der Waals surface area contributed by atoms with Crippen molar-refractivity contribution in [2.75, 3.05) is 0 Å². The Labute approximate surface area is 314 Å². The molecule has 0 N–H and O–H groups in total. The highest BCUT2D eigenvalue weighted by atomic mass is 14.3. The second kappa shape index (κ2) is 10.7. The molecule has 0 aliphatic carbocycles. The van der Waals surface area contributed by atoms with Crippen molar-refractivity contribution in [3.8, 4) is 22.3 Å². The van der Waals surface area contributed by atoms with Gasteiger partial charge in [0.2, 0.25) is 0 Å². The first kappa shape index (κ1) is 30.2. The first-order valence-corrected chi connectivity index (χ1v) is 19.6. The molecule has 0 radical (unpaired) electrons. The molecule has 0 saturated heterocycles. The highest BCUT2D eigenvalue weighted by Gasteiger charge is 2.28. The number of hydrogen-bond acceptors (Lipinski definition) is 0. The smallest absolute Gasteiger partial charge is 0.000718 e. The van der Waals surface area contributed by atoms with Crippen LogP contribution in [0.5, 0.6) is 0 Å². The zero-order valence-corrected chi connectivity index (χ0v) is 31.0. The van der Waals surface area contributed by atoms with Gasteiger partial charge in [0.15, 0.2) is 0 Å². The van der Waals surface area contributed by atoms with Crippen molar-refractivity contribution in [1.29, 1.82) is 0 Å². The lowest BCUT2D eigenvalue weighted by atomic mass is 9.83. The lowest BCUT2D eigenvalue weighted by molar-refractivity contribution is 0.847. The van der Waals surface area contributed by atoms with Gasteiger partial charge in [-0.1, -0.05) is 155 Å². The summed E-state index contributed by atoms with van der Waals surface area (Å²) >= 11 is 0. The first-order valence-electron chi connectivity index (χ1n) is 19.6. The predicted octanol–water partition coefficient (Wildman–Crippen LogP) is 16.0. The van der Waals surface area contributed by atoms with Gasteiger partial charge in [0.25, 0.3) is 0 Å². The summed E-state index contributed by atoms with van der Waals surface area (Å²) in [6, 6.07) is 55.8. The van der Waals surface area contributed by atoms with Crippen LogP contribution in [0.25, 0.3) is 119 Å². The van der Waals surface area contributed by atoms with Crippen molar-refractivity contribution in [3.63, 3.8) is 0 Å². The summed E-state index contributed by atoms with van der Waals surface area (Å²) in [5.74, 6) is 0.836. The molecule has 0 aliphatic heterocycles. The Morgan fingerprint density at radius 2 is 0.759 bits per heavy atom. The van der Waals surface area contributed by atoms with Crippen LogP contribution in [0.15, 0.2) is 146 Å². The van der Waals surface area contributed by atoms with Crippen LogP contribution in [-0.4, -0.2) is 0 Å². The van der Waals surface area contributed by atoms with Crippen molar-refractivity contribution in [2.45, 2.75) is 39.5 Å². The average Bonchev–Trinajstić information content (AvgIpc) is 3.70. The van der Waals surface area contributed by atoms with Gasteiger partial charge in [0.05, 0.1) is 0 Å². The molecule has 254 valence electrons. The molecule has 0 atom stereocenters. The summed E-state index contributed by atoms with van der Waals surface area (Å²) < 4.78 is 0. The van der Waals surface area contributed by atoms with Crippen LogP contribution in [0.4, 0.5) is 0 Å². The fraction of sp³-hybridized carbons (Fsp3) is 0.111. The van der Waals surface area contributed by atoms with Gasteiger partial charge >= 0.3 is 0 Å². The quantitative estimate of drug-likeness (QED) is 0.162. The van der Waals surface area contributed by atoms with E-state index in [1.165, 1.54) is 130 Å². The highest BCUT2D eigenvalue weighted by molar-refractivity contribution is 6.46. The molecule has 0 bridgehead atoms. The normalized spacial score (nSPS) is 12.8. The van der Waals surface area contributed by atoms with Crippen LogP contribution in [0.3, 0.4) is 0 Å². The van der Waals surface area contributed by atoms with Gasteiger partial charge in [-0.15, -0.1) is 0 Å². The molecule has 0 aliphatic rings. The maximum Gasteiger partial charge on any atom is -0.000718 e. The van der Waals surface area contributed by atoms with E-state index in [2.05, 4.69) is 173 Å². The summed E-state index contributed by atoms with van der Waals surface area (Å²) in [5, 5.41) is 24.5. The minimum absolute atomic E-state index is 0.400. The summed E-state index contributed by atoms with van der Waals surface area (Å²) in [4.78, 5) is 0. The minimum Gasteiger partial charge on any atom is -0.0622 e. The van der Waals surface area contributed by atoms with Crippen LogP contribution >= 0.6 is 0 Å². The molecule has 0 heterocycles. The van der Waals surface area contributed by atoms with E-state index in [0.29, 0.717) is 11.8 Å². The molecule has 54 heavy (non-hydrogen) atoms. The zero-order valence-electron chi connectivity index (χ0n) is 31.0. The largest absolute Gasteiger partial charge is 0.0622 e. The van der Waals surface area contributed by atoms with Crippen molar-refractivity contribution in [3.05, 3.63) is 157 Å². The van der Waals surface area contributed by atoms with E-state index >= 15 is 0 Å². The molecule has 0 unspecified atom stereocenters. The van der Waals surface area contributed by atoms with E-state index in [1.807, 2.05) is 0 Å². The van der Waals surface area contributed by atoms with Gasteiger partial charge in [-0.25, -0.2) is 0 Å². The second-order valence-electron chi connectivity index (χ2n) is 16.3. The Hall–Kier alpha value is -6.24. The monoisotopic (exact) mass is 686 g/mol. The summed E-state index contributed by atoms with van der Waals surface area (Å²) in [6.45, 7) is 9.43. The topological polar surface area (TPSA) is 0 Å². The molecule has 0 saturated carbocycles. The summed E-state index contributed by atoms with van der Waals surface area (Å²) in [5.41, 5.74) is 8.10. The van der Waals surface area contributed by atoms with E-state index in [1.54, 1.807) is 0 Å². The predicted molar refractivity (Wildman–Crippen MR) is 237 cm³/mol. The molecule has 12 aromatic carbocycles.